The van der Waals surface area contributed by atoms with Gasteiger partial charge in [-0.15, -0.1) is 10.2 Å². The Hall–Kier alpha value is -2.24. The van der Waals surface area contributed by atoms with E-state index in [9.17, 15) is 9.18 Å². The van der Waals surface area contributed by atoms with Crippen molar-refractivity contribution in [2.24, 2.45) is 0 Å². The Kier molecular flexibility index (Phi) is 3.17. The number of amides is 1. The van der Waals surface area contributed by atoms with Crippen LogP contribution in [0.1, 0.15) is 48.4 Å². The first-order chi connectivity index (χ1) is 10.7. The molecule has 6 heteroatoms. The molecular weight excluding hydrogens is 283 g/mol. The summed E-state index contributed by atoms with van der Waals surface area (Å²) in [6.07, 6.45) is 3.77. The molecule has 1 aromatic carbocycles. The van der Waals surface area contributed by atoms with Crippen LogP contribution >= 0.6 is 0 Å². The Balaban J connectivity index is 1.49. The molecule has 5 nitrogen and oxygen atoms in total. The first-order valence-corrected chi connectivity index (χ1v) is 7.69. The van der Waals surface area contributed by atoms with Crippen LogP contribution in [0.2, 0.25) is 0 Å². The summed E-state index contributed by atoms with van der Waals surface area (Å²) in [7, 11) is 0. The molecule has 1 aliphatic carbocycles. The van der Waals surface area contributed by atoms with Crippen LogP contribution in [0.4, 0.5) is 4.39 Å². The standard InChI is InChI=1S/C16H17FN4O/c17-12-4-2-1-3-11(12)9-18-16(22)13-7-8-14-19-20-15(21(13)14)10-5-6-10/h1-4,10,13H,5-9H2,(H,18,22). The average molecular weight is 300 g/mol. The lowest BCUT2D eigenvalue weighted by Crippen LogP contribution is -2.31. The molecule has 0 radical (unpaired) electrons. The highest BCUT2D eigenvalue weighted by molar-refractivity contribution is 5.80. The first-order valence-electron chi connectivity index (χ1n) is 7.69. The summed E-state index contributed by atoms with van der Waals surface area (Å²) in [5.41, 5.74) is 0.500. The Morgan fingerprint density at radius 1 is 1.27 bits per heavy atom. The number of hydrogen-bond acceptors (Lipinski definition) is 3. The topological polar surface area (TPSA) is 59.8 Å². The Morgan fingerprint density at radius 2 is 2.09 bits per heavy atom. The van der Waals surface area contributed by atoms with Gasteiger partial charge in [0, 0.05) is 24.4 Å². The molecule has 2 aromatic rings. The van der Waals surface area contributed by atoms with E-state index in [1.807, 2.05) is 4.57 Å². The second kappa shape index (κ2) is 5.19. The number of carbonyl (C=O) groups is 1. The number of nitrogens with one attached hydrogen (secondary N) is 1. The summed E-state index contributed by atoms with van der Waals surface area (Å²) in [5.74, 6) is 1.93. The molecule has 2 heterocycles. The van der Waals surface area contributed by atoms with Crippen LogP contribution in [-0.2, 0) is 17.8 Å². The molecule has 4 rings (SSSR count). The van der Waals surface area contributed by atoms with E-state index in [0.29, 0.717) is 11.5 Å². The second-order valence-electron chi connectivity index (χ2n) is 5.98. The number of rotatable bonds is 4. The minimum absolute atomic E-state index is 0.0799. The van der Waals surface area contributed by atoms with Gasteiger partial charge in [-0.3, -0.25) is 4.79 Å². The highest BCUT2D eigenvalue weighted by Gasteiger charge is 2.37. The van der Waals surface area contributed by atoms with Gasteiger partial charge in [-0.05, 0) is 25.3 Å². The lowest BCUT2D eigenvalue weighted by Gasteiger charge is -2.15. The third-order valence-corrected chi connectivity index (χ3v) is 4.40. The zero-order valence-corrected chi connectivity index (χ0v) is 12.1. The number of nitrogens with zero attached hydrogens (tertiary/aromatic N) is 3. The molecule has 1 aliphatic heterocycles. The van der Waals surface area contributed by atoms with Crippen molar-refractivity contribution >= 4 is 5.91 Å². The number of carbonyl (C=O) groups excluding carboxylic acids is 1. The van der Waals surface area contributed by atoms with Crippen molar-refractivity contribution in [2.75, 3.05) is 0 Å². The van der Waals surface area contributed by atoms with Gasteiger partial charge in [0.1, 0.15) is 23.5 Å². The third-order valence-electron chi connectivity index (χ3n) is 4.40. The van der Waals surface area contributed by atoms with Crippen LogP contribution in [0.25, 0.3) is 0 Å². The molecule has 1 aromatic heterocycles. The number of hydrogen-bond donors (Lipinski definition) is 1. The third kappa shape index (κ3) is 2.28. The van der Waals surface area contributed by atoms with Crippen LogP contribution < -0.4 is 5.32 Å². The van der Waals surface area contributed by atoms with Crippen LogP contribution in [-0.4, -0.2) is 20.7 Å². The molecule has 1 fully saturated rings. The van der Waals surface area contributed by atoms with E-state index in [0.717, 1.165) is 37.3 Å². The van der Waals surface area contributed by atoms with E-state index in [-0.39, 0.29) is 24.3 Å². The summed E-state index contributed by atoms with van der Waals surface area (Å²) >= 11 is 0. The lowest BCUT2D eigenvalue weighted by atomic mass is 10.1. The van der Waals surface area contributed by atoms with Crippen molar-refractivity contribution in [3.05, 3.63) is 47.3 Å². The van der Waals surface area contributed by atoms with E-state index >= 15 is 0 Å². The molecule has 1 atom stereocenters. The fraction of sp³-hybridized carbons (Fsp3) is 0.438. The number of aromatic nitrogens is 3. The number of fused-ring (bicyclic) bond motifs is 1. The van der Waals surface area contributed by atoms with E-state index in [1.165, 1.54) is 6.07 Å². The molecule has 1 saturated carbocycles. The first kappa shape index (κ1) is 13.4. The fourth-order valence-corrected chi connectivity index (χ4v) is 3.05. The van der Waals surface area contributed by atoms with Crippen LogP contribution in [0.15, 0.2) is 24.3 Å². The molecule has 1 N–H and O–H groups in total. The SMILES string of the molecule is O=C(NCc1ccccc1F)C1CCc2nnc(C3CC3)n21. The van der Waals surface area contributed by atoms with Gasteiger partial charge in [0.25, 0.3) is 0 Å². The Bertz CT molecular complexity index is 723. The van der Waals surface area contributed by atoms with Gasteiger partial charge in [0.05, 0.1) is 0 Å². The lowest BCUT2D eigenvalue weighted by molar-refractivity contribution is -0.124. The molecular formula is C16H17FN4O. The van der Waals surface area contributed by atoms with Crippen molar-refractivity contribution in [2.45, 2.75) is 44.2 Å². The zero-order valence-electron chi connectivity index (χ0n) is 12.1. The number of halogens is 1. The minimum atomic E-state index is -0.294. The van der Waals surface area contributed by atoms with Gasteiger partial charge in [-0.25, -0.2) is 4.39 Å². The van der Waals surface area contributed by atoms with Gasteiger partial charge in [-0.1, -0.05) is 18.2 Å². The van der Waals surface area contributed by atoms with Crippen molar-refractivity contribution in [3.8, 4) is 0 Å². The Labute approximate surface area is 127 Å². The van der Waals surface area contributed by atoms with E-state index in [4.69, 9.17) is 0 Å². The van der Waals surface area contributed by atoms with E-state index in [2.05, 4.69) is 15.5 Å². The van der Waals surface area contributed by atoms with Gasteiger partial charge < -0.3 is 9.88 Å². The number of aryl methyl sites for hydroxylation is 1. The molecule has 1 unspecified atom stereocenters. The number of benzene rings is 1. The predicted molar refractivity (Wildman–Crippen MR) is 77.6 cm³/mol. The normalized spacial score (nSPS) is 20.0. The van der Waals surface area contributed by atoms with Crippen LogP contribution in [0.5, 0.6) is 0 Å². The smallest absolute Gasteiger partial charge is 0.243 e. The summed E-state index contributed by atoms with van der Waals surface area (Å²) in [6, 6.07) is 6.24. The highest BCUT2D eigenvalue weighted by atomic mass is 19.1. The maximum absolute atomic E-state index is 13.6. The highest BCUT2D eigenvalue weighted by Crippen LogP contribution is 2.42. The maximum atomic E-state index is 13.6. The molecule has 2 aliphatic rings. The fourth-order valence-electron chi connectivity index (χ4n) is 3.05. The van der Waals surface area contributed by atoms with Crippen molar-refractivity contribution in [3.63, 3.8) is 0 Å². The molecule has 0 saturated heterocycles. The molecule has 0 spiro atoms. The van der Waals surface area contributed by atoms with Crippen molar-refractivity contribution in [1.29, 1.82) is 0 Å². The van der Waals surface area contributed by atoms with E-state index < -0.39 is 0 Å². The van der Waals surface area contributed by atoms with Crippen LogP contribution in [0.3, 0.4) is 0 Å². The van der Waals surface area contributed by atoms with Gasteiger partial charge in [0.2, 0.25) is 5.91 Å². The second-order valence-corrected chi connectivity index (χ2v) is 5.98. The average Bonchev–Trinajstić information content (AvgIpc) is 3.13. The molecule has 114 valence electrons. The summed E-state index contributed by atoms with van der Waals surface area (Å²) in [5, 5.41) is 11.3. The molecule has 1 amide bonds. The Morgan fingerprint density at radius 3 is 2.86 bits per heavy atom. The molecule has 0 bridgehead atoms. The summed E-state index contributed by atoms with van der Waals surface area (Å²) in [6.45, 7) is 0.207. The summed E-state index contributed by atoms with van der Waals surface area (Å²) < 4.78 is 15.6. The van der Waals surface area contributed by atoms with E-state index in [1.54, 1.807) is 18.2 Å². The summed E-state index contributed by atoms with van der Waals surface area (Å²) in [4.78, 5) is 12.5. The van der Waals surface area contributed by atoms with Gasteiger partial charge in [-0.2, -0.15) is 0 Å². The van der Waals surface area contributed by atoms with Gasteiger partial charge in [0.15, 0.2) is 0 Å². The molecule has 22 heavy (non-hydrogen) atoms. The maximum Gasteiger partial charge on any atom is 0.243 e. The largest absolute Gasteiger partial charge is 0.350 e. The van der Waals surface area contributed by atoms with Crippen molar-refractivity contribution < 1.29 is 9.18 Å². The zero-order chi connectivity index (χ0) is 15.1. The van der Waals surface area contributed by atoms with Crippen molar-refractivity contribution in [1.82, 2.24) is 20.1 Å². The minimum Gasteiger partial charge on any atom is -0.350 e. The monoisotopic (exact) mass is 300 g/mol. The van der Waals surface area contributed by atoms with Crippen LogP contribution in [0, 0.1) is 5.82 Å². The van der Waals surface area contributed by atoms with Gasteiger partial charge >= 0.3 is 0 Å². The predicted octanol–water partition coefficient (Wildman–Crippen LogP) is 2.10. The quantitative estimate of drug-likeness (QED) is 0.940.